The molecule has 0 fully saturated rings. The van der Waals surface area contributed by atoms with Crippen LogP contribution in [0.15, 0.2) is 0 Å². The number of esters is 1. The van der Waals surface area contributed by atoms with Gasteiger partial charge in [0, 0.05) is 7.11 Å². The van der Waals surface area contributed by atoms with E-state index < -0.39 is 0 Å². The molecule has 4 nitrogen and oxygen atoms in total. The number of carbonyl (C=O) groups excluding carboxylic acids is 1. The Labute approximate surface area is 66.4 Å². The molecular weight excluding hydrogens is 148 g/mol. The normalized spacial score (nSPS) is 10.2. The Morgan fingerprint density at radius 3 is 2.45 bits per heavy atom. The van der Waals surface area contributed by atoms with Crippen molar-refractivity contribution < 1.29 is 19.0 Å². The van der Waals surface area contributed by atoms with Crippen molar-refractivity contribution in [3.63, 3.8) is 0 Å². The van der Waals surface area contributed by atoms with E-state index in [-0.39, 0.29) is 25.5 Å². The minimum atomic E-state index is -0.263. The van der Waals surface area contributed by atoms with Crippen LogP contribution in [0.25, 0.3) is 0 Å². The number of methoxy groups -OCH3 is 1. The van der Waals surface area contributed by atoms with Crippen LogP contribution < -0.4 is 0 Å². The lowest BCUT2D eigenvalue weighted by atomic mass is 10.2. The molecular formula is C7H14O4. The van der Waals surface area contributed by atoms with Gasteiger partial charge in [-0.25, -0.2) is 0 Å². The van der Waals surface area contributed by atoms with Crippen molar-refractivity contribution in [3.8, 4) is 0 Å². The Balaban J connectivity index is 3.18. The van der Waals surface area contributed by atoms with Gasteiger partial charge >= 0.3 is 5.97 Å². The predicted molar refractivity (Wildman–Crippen MR) is 38.8 cm³/mol. The lowest BCUT2D eigenvalue weighted by Gasteiger charge is -2.06. The van der Waals surface area contributed by atoms with Gasteiger partial charge in [0.15, 0.2) is 6.79 Å². The third kappa shape index (κ3) is 5.82. The summed E-state index contributed by atoms with van der Waals surface area (Å²) in [6.45, 7) is 3.63. The average Bonchev–Trinajstić information content (AvgIpc) is 1.97. The molecule has 0 aliphatic rings. The quantitative estimate of drug-likeness (QED) is 0.340. The molecule has 4 heteroatoms. The molecule has 0 heterocycles. The number of hydrogen-bond acceptors (Lipinski definition) is 4. The molecule has 0 amide bonds. The van der Waals surface area contributed by atoms with Crippen molar-refractivity contribution in [2.45, 2.75) is 13.8 Å². The van der Waals surface area contributed by atoms with Gasteiger partial charge < -0.3 is 14.2 Å². The summed E-state index contributed by atoms with van der Waals surface area (Å²) in [5, 5.41) is 0. The Hall–Kier alpha value is -0.610. The zero-order chi connectivity index (χ0) is 8.69. The number of carbonyl (C=O) groups is 1. The lowest BCUT2D eigenvalue weighted by molar-refractivity contribution is -0.169. The van der Waals surface area contributed by atoms with Crippen molar-refractivity contribution in [2.75, 3.05) is 20.7 Å². The fourth-order valence-corrected chi connectivity index (χ4v) is 0.384. The minimum absolute atomic E-state index is 0.0369. The van der Waals surface area contributed by atoms with E-state index in [1.807, 2.05) is 0 Å². The molecule has 0 N–H and O–H groups in total. The molecule has 0 aromatic heterocycles. The Bertz CT molecular complexity index is 111. The van der Waals surface area contributed by atoms with Gasteiger partial charge in [-0.2, -0.15) is 0 Å². The minimum Gasteiger partial charge on any atom is -0.438 e. The summed E-state index contributed by atoms with van der Waals surface area (Å²) in [5.41, 5.74) is 0. The van der Waals surface area contributed by atoms with Gasteiger partial charge in [0.05, 0.1) is 5.92 Å². The van der Waals surface area contributed by atoms with Crippen molar-refractivity contribution in [3.05, 3.63) is 0 Å². The zero-order valence-corrected chi connectivity index (χ0v) is 7.12. The summed E-state index contributed by atoms with van der Waals surface area (Å²) in [5.74, 6) is -0.373. The highest BCUT2D eigenvalue weighted by atomic mass is 16.7. The number of rotatable bonds is 5. The first-order valence-electron chi connectivity index (χ1n) is 3.41. The molecule has 0 aromatic rings. The summed E-state index contributed by atoms with van der Waals surface area (Å²) in [6.07, 6.45) is 0. The molecule has 0 atom stereocenters. The maximum atomic E-state index is 10.8. The Kier molecular flexibility index (Phi) is 5.78. The van der Waals surface area contributed by atoms with Gasteiger partial charge in [0.2, 0.25) is 0 Å². The van der Waals surface area contributed by atoms with Crippen molar-refractivity contribution in [1.29, 1.82) is 0 Å². The second-order valence-electron chi connectivity index (χ2n) is 2.35. The molecule has 0 rings (SSSR count). The Morgan fingerprint density at radius 1 is 1.36 bits per heavy atom. The summed E-state index contributed by atoms with van der Waals surface area (Å²) in [6, 6.07) is 0. The summed E-state index contributed by atoms with van der Waals surface area (Å²) >= 11 is 0. The molecule has 0 unspecified atom stereocenters. The molecule has 0 radical (unpaired) electrons. The molecule has 0 bridgehead atoms. The van der Waals surface area contributed by atoms with Crippen LogP contribution in [0.3, 0.4) is 0 Å². The molecule has 0 saturated carbocycles. The van der Waals surface area contributed by atoms with E-state index in [4.69, 9.17) is 4.74 Å². The summed E-state index contributed by atoms with van der Waals surface area (Å²) in [4.78, 5) is 10.8. The first kappa shape index (κ1) is 10.4. The van der Waals surface area contributed by atoms with Crippen LogP contribution in [-0.2, 0) is 19.0 Å². The van der Waals surface area contributed by atoms with Crippen LogP contribution in [-0.4, -0.2) is 26.7 Å². The van der Waals surface area contributed by atoms with Gasteiger partial charge in [-0.3, -0.25) is 4.79 Å². The topological polar surface area (TPSA) is 44.8 Å². The van der Waals surface area contributed by atoms with Crippen LogP contribution in [0.2, 0.25) is 0 Å². The lowest BCUT2D eigenvalue weighted by Crippen LogP contribution is -2.14. The van der Waals surface area contributed by atoms with Crippen molar-refractivity contribution in [2.24, 2.45) is 5.92 Å². The van der Waals surface area contributed by atoms with Gasteiger partial charge in [-0.15, -0.1) is 0 Å². The SMILES string of the molecule is COCOCOC(=O)C(C)C. The maximum Gasteiger partial charge on any atom is 0.310 e. The van der Waals surface area contributed by atoms with Crippen LogP contribution in [0, 0.1) is 5.92 Å². The third-order valence-electron chi connectivity index (χ3n) is 0.957. The maximum absolute atomic E-state index is 10.8. The van der Waals surface area contributed by atoms with Gasteiger partial charge in [0.1, 0.15) is 6.79 Å². The van der Waals surface area contributed by atoms with E-state index in [0.29, 0.717) is 0 Å². The van der Waals surface area contributed by atoms with Crippen LogP contribution >= 0.6 is 0 Å². The van der Waals surface area contributed by atoms with Crippen LogP contribution in [0.5, 0.6) is 0 Å². The smallest absolute Gasteiger partial charge is 0.310 e. The summed E-state index contributed by atoms with van der Waals surface area (Å²) < 4.78 is 14.0. The molecule has 0 aromatic carbocycles. The highest BCUT2D eigenvalue weighted by Gasteiger charge is 2.06. The molecule has 0 saturated heterocycles. The third-order valence-corrected chi connectivity index (χ3v) is 0.957. The van der Waals surface area contributed by atoms with Gasteiger partial charge in [-0.1, -0.05) is 13.8 Å². The highest BCUT2D eigenvalue weighted by molar-refractivity contribution is 5.71. The van der Waals surface area contributed by atoms with E-state index in [2.05, 4.69) is 9.47 Å². The highest BCUT2D eigenvalue weighted by Crippen LogP contribution is 1.95. The van der Waals surface area contributed by atoms with Gasteiger partial charge in [-0.05, 0) is 0 Å². The number of ether oxygens (including phenoxy) is 3. The van der Waals surface area contributed by atoms with Crippen molar-refractivity contribution in [1.82, 2.24) is 0 Å². The Morgan fingerprint density at radius 2 is 2.00 bits per heavy atom. The average molecular weight is 162 g/mol. The summed E-state index contributed by atoms with van der Waals surface area (Å²) in [7, 11) is 1.50. The second-order valence-corrected chi connectivity index (χ2v) is 2.35. The van der Waals surface area contributed by atoms with E-state index in [1.165, 1.54) is 7.11 Å². The fraction of sp³-hybridized carbons (Fsp3) is 0.857. The van der Waals surface area contributed by atoms with Crippen LogP contribution in [0.4, 0.5) is 0 Å². The monoisotopic (exact) mass is 162 g/mol. The molecule has 0 aliphatic heterocycles. The van der Waals surface area contributed by atoms with Crippen molar-refractivity contribution >= 4 is 5.97 Å². The first-order valence-corrected chi connectivity index (χ1v) is 3.41. The molecule has 11 heavy (non-hydrogen) atoms. The van der Waals surface area contributed by atoms with Crippen LogP contribution in [0.1, 0.15) is 13.8 Å². The van der Waals surface area contributed by atoms with Gasteiger partial charge in [0.25, 0.3) is 0 Å². The molecule has 0 spiro atoms. The first-order chi connectivity index (χ1) is 5.18. The second kappa shape index (κ2) is 6.12. The molecule has 0 aliphatic carbocycles. The van der Waals surface area contributed by atoms with E-state index >= 15 is 0 Å². The fourth-order valence-electron chi connectivity index (χ4n) is 0.384. The van der Waals surface area contributed by atoms with E-state index in [0.717, 1.165) is 0 Å². The standard InChI is InChI=1S/C7H14O4/c1-6(2)7(8)11-5-10-4-9-3/h6H,4-5H2,1-3H3. The zero-order valence-electron chi connectivity index (χ0n) is 7.12. The number of hydrogen-bond donors (Lipinski definition) is 0. The predicted octanol–water partition coefficient (Wildman–Crippen LogP) is 0.764. The molecule has 66 valence electrons. The largest absolute Gasteiger partial charge is 0.438 e. The van der Waals surface area contributed by atoms with E-state index in [1.54, 1.807) is 13.8 Å². The van der Waals surface area contributed by atoms with E-state index in [9.17, 15) is 4.79 Å².